The summed E-state index contributed by atoms with van der Waals surface area (Å²) >= 11 is 1.58. The highest BCUT2D eigenvalue weighted by molar-refractivity contribution is 7.99. The molecule has 0 aliphatic carbocycles. The molecule has 88 valence electrons. The van der Waals surface area contributed by atoms with Gasteiger partial charge in [-0.25, -0.2) is 9.97 Å². The normalized spacial score (nSPS) is 10.5. The van der Waals surface area contributed by atoms with E-state index in [9.17, 15) is 0 Å². The van der Waals surface area contributed by atoms with E-state index in [0.29, 0.717) is 6.54 Å². The van der Waals surface area contributed by atoms with E-state index in [2.05, 4.69) is 42.0 Å². The van der Waals surface area contributed by atoms with Gasteiger partial charge in [-0.1, -0.05) is 17.7 Å². The van der Waals surface area contributed by atoms with E-state index in [1.807, 2.05) is 0 Å². The quantitative estimate of drug-likeness (QED) is 0.845. The van der Waals surface area contributed by atoms with E-state index < -0.39 is 0 Å². The van der Waals surface area contributed by atoms with Crippen molar-refractivity contribution in [2.75, 3.05) is 0 Å². The predicted octanol–water partition coefficient (Wildman–Crippen LogP) is 2.70. The first-order valence-electron chi connectivity index (χ1n) is 5.45. The van der Waals surface area contributed by atoms with Crippen LogP contribution in [0.15, 0.2) is 40.6 Å². The van der Waals surface area contributed by atoms with Gasteiger partial charge in [0.2, 0.25) is 0 Å². The van der Waals surface area contributed by atoms with Gasteiger partial charge >= 0.3 is 0 Å². The number of rotatable bonds is 3. The molecule has 1 aromatic carbocycles. The lowest BCUT2D eigenvalue weighted by molar-refractivity contribution is 0.913. The standard InChI is InChI=1S/C13H15N3S/c1-9-3-4-12(10(2)5-9)17-13-15-7-11(6-14)8-16-13/h3-5,7-8H,6,14H2,1-2H3. The van der Waals surface area contributed by atoms with Crippen molar-refractivity contribution >= 4 is 11.8 Å². The molecule has 0 radical (unpaired) electrons. The van der Waals surface area contributed by atoms with Crippen LogP contribution in [0.25, 0.3) is 0 Å². The number of aromatic nitrogens is 2. The lowest BCUT2D eigenvalue weighted by atomic mass is 10.2. The van der Waals surface area contributed by atoms with Gasteiger partial charge in [0.25, 0.3) is 0 Å². The van der Waals surface area contributed by atoms with E-state index in [0.717, 1.165) is 10.7 Å². The van der Waals surface area contributed by atoms with Crippen LogP contribution in [-0.2, 0) is 6.54 Å². The minimum Gasteiger partial charge on any atom is -0.326 e. The Balaban J connectivity index is 2.19. The van der Waals surface area contributed by atoms with Gasteiger partial charge in [0, 0.05) is 29.4 Å². The number of nitrogens with two attached hydrogens (primary N) is 1. The minimum atomic E-state index is 0.481. The largest absolute Gasteiger partial charge is 0.326 e. The van der Waals surface area contributed by atoms with Crippen LogP contribution in [0, 0.1) is 13.8 Å². The highest BCUT2D eigenvalue weighted by Gasteiger charge is 2.03. The molecule has 17 heavy (non-hydrogen) atoms. The van der Waals surface area contributed by atoms with E-state index in [1.54, 1.807) is 24.2 Å². The Morgan fingerprint density at radius 3 is 2.47 bits per heavy atom. The topological polar surface area (TPSA) is 51.8 Å². The van der Waals surface area contributed by atoms with E-state index in [1.165, 1.54) is 16.0 Å². The van der Waals surface area contributed by atoms with Crippen LogP contribution in [0.4, 0.5) is 0 Å². The fraction of sp³-hybridized carbons (Fsp3) is 0.231. The summed E-state index contributed by atoms with van der Waals surface area (Å²) in [4.78, 5) is 9.75. The zero-order valence-corrected chi connectivity index (χ0v) is 10.8. The molecule has 0 atom stereocenters. The fourth-order valence-electron chi connectivity index (χ4n) is 1.51. The highest BCUT2D eigenvalue weighted by atomic mass is 32.2. The number of nitrogens with zero attached hydrogens (tertiary/aromatic N) is 2. The van der Waals surface area contributed by atoms with Crippen LogP contribution in [-0.4, -0.2) is 9.97 Å². The molecule has 2 rings (SSSR count). The first-order chi connectivity index (χ1) is 8.19. The second-order valence-corrected chi connectivity index (χ2v) is 4.96. The summed E-state index contributed by atoms with van der Waals surface area (Å²) in [6.45, 7) is 4.67. The average Bonchev–Trinajstić information content (AvgIpc) is 2.34. The first kappa shape index (κ1) is 12.1. The molecule has 0 saturated heterocycles. The van der Waals surface area contributed by atoms with E-state index in [-0.39, 0.29) is 0 Å². The monoisotopic (exact) mass is 245 g/mol. The third-order valence-electron chi connectivity index (χ3n) is 2.45. The molecule has 3 nitrogen and oxygen atoms in total. The molecule has 4 heteroatoms. The minimum absolute atomic E-state index is 0.481. The highest BCUT2D eigenvalue weighted by Crippen LogP contribution is 2.27. The van der Waals surface area contributed by atoms with Gasteiger partial charge in [0.15, 0.2) is 5.16 Å². The molecule has 0 unspecified atom stereocenters. The van der Waals surface area contributed by atoms with Crippen molar-refractivity contribution in [1.29, 1.82) is 0 Å². The molecule has 1 aromatic heterocycles. The van der Waals surface area contributed by atoms with Gasteiger partial charge in [-0.2, -0.15) is 0 Å². The zero-order chi connectivity index (χ0) is 12.3. The Morgan fingerprint density at radius 1 is 1.18 bits per heavy atom. The predicted molar refractivity (Wildman–Crippen MR) is 70.0 cm³/mol. The lowest BCUT2D eigenvalue weighted by Crippen LogP contribution is -1.98. The summed E-state index contributed by atoms with van der Waals surface area (Å²) in [5.41, 5.74) is 8.98. The summed E-state index contributed by atoms with van der Waals surface area (Å²) in [5.74, 6) is 0. The van der Waals surface area contributed by atoms with Crippen LogP contribution in [0.1, 0.15) is 16.7 Å². The Hall–Kier alpha value is -1.39. The second-order valence-electron chi connectivity index (χ2n) is 3.95. The maximum absolute atomic E-state index is 5.51. The molecule has 0 spiro atoms. The zero-order valence-electron chi connectivity index (χ0n) is 9.97. The summed E-state index contributed by atoms with van der Waals surface area (Å²) in [6, 6.07) is 6.37. The second kappa shape index (κ2) is 5.29. The fourth-order valence-corrected chi connectivity index (χ4v) is 2.28. The van der Waals surface area contributed by atoms with Crippen LogP contribution < -0.4 is 5.73 Å². The van der Waals surface area contributed by atoms with Crippen LogP contribution in [0.3, 0.4) is 0 Å². The summed E-state index contributed by atoms with van der Waals surface area (Å²) < 4.78 is 0. The number of hydrogen-bond acceptors (Lipinski definition) is 4. The Labute approximate surface area is 105 Å². The molecule has 0 saturated carbocycles. The molecular weight excluding hydrogens is 230 g/mol. The molecular formula is C13H15N3S. The summed E-state index contributed by atoms with van der Waals surface area (Å²) in [7, 11) is 0. The molecule has 1 heterocycles. The summed E-state index contributed by atoms with van der Waals surface area (Å²) in [6.07, 6.45) is 3.55. The van der Waals surface area contributed by atoms with Crippen molar-refractivity contribution in [3.05, 3.63) is 47.3 Å². The number of benzene rings is 1. The van der Waals surface area contributed by atoms with Gasteiger partial charge in [0.05, 0.1) is 0 Å². The molecule has 0 fully saturated rings. The van der Waals surface area contributed by atoms with Crippen molar-refractivity contribution in [2.24, 2.45) is 5.73 Å². The van der Waals surface area contributed by atoms with E-state index in [4.69, 9.17) is 5.73 Å². The molecule has 0 aliphatic heterocycles. The van der Waals surface area contributed by atoms with Gasteiger partial charge < -0.3 is 5.73 Å². The third-order valence-corrected chi connectivity index (χ3v) is 3.52. The number of hydrogen-bond donors (Lipinski definition) is 1. The number of aryl methyl sites for hydroxylation is 2. The van der Waals surface area contributed by atoms with Gasteiger partial charge in [-0.15, -0.1) is 0 Å². The van der Waals surface area contributed by atoms with E-state index >= 15 is 0 Å². The Bertz CT molecular complexity index is 509. The summed E-state index contributed by atoms with van der Waals surface area (Å²) in [5, 5.41) is 0.758. The average molecular weight is 245 g/mol. The maximum atomic E-state index is 5.51. The lowest BCUT2D eigenvalue weighted by Gasteiger charge is -2.05. The van der Waals surface area contributed by atoms with Crippen molar-refractivity contribution in [3.8, 4) is 0 Å². The van der Waals surface area contributed by atoms with Crippen molar-refractivity contribution in [1.82, 2.24) is 9.97 Å². The SMILES string of the molecule is Cc1ccc(Sc2ncc(CN)cn2)c(C)c1. The van der Waals surface area contributed by atoms with Crippen molar-refractivity contribution in [2.45, 2.75) is 30.4 Å². The Kier molecular flexibility index (Phi) is 3.76. The van der Waals surface area contributed by atoms with Crippen LogP contribution in [0.5, 0.6) is 0 Å². The van der Waals surface area contributed by atoms with Crippen molar-refractivity contribution in [3.63, 3.8) is 0 Å². The smallest absolute Gasteiger partial charge is 0.192 e. The molecule has 0 amide bonds. The maximum Gasteiger partial charge on any atom is 0.192 e. The molecule has 2 aromatic rings. The van der Waals surface area contributed by atoms with Crippen molar-refractivity contribution < 1.29 is 0 Å². The van der Waals surface area contributed by atoms with Gasteiger partial charge in [-0.05, 0) is 37.2 Å². The molecule has 0 aliphatic rings. The molecule has 2 N–H and O–H groups in total. The third kappa shape index (κ3) is 3.05. The molecule has 0 bridgehead atoms. The van der Waals surface area contributed by atoms with Crippen LogP contribution >= 0.6 is 11.8 Å². The van der Waals surface area contributed by atoms with Gasteiger partial charge in [0.1, 0.15) is 0 Å². The first-order valence-corrected chi connectivity index (χ1v) is 6.27. The van der Waals surface area contributed by atoms with Gasteiger partial charge in [-0.3, -0.25) is 0 Å². The Morgan fingerprint density at radius 2 is 1.88 bits per heavy atom. The van der Waals surface area contributed by atoms with Crippen LogP contribution in [0.2, 0.25) is 0 Å².